The minimum atomic E-state index is -1.79. The van der Waals surface area contributed by atoms with Gasteiger partial charge in [-0.15, -0.1) is 0 Å². The monoisotopic (exact) mass is 429 g/mol. The van der Waals surface area contributed by atoms with Gasteiger partial charge in [-0.1, -0.05) is 39.2 Å². The fraction of sp³-hybridized carbons (Fsp3) is 0.636. The van der Waals surface area contributed by atoms with Crippen LogP contribution in [0.5, 0.6) is 5.75 Å². The molecule has 1 aromatic rings. The lowest BCUT2D eigenvalue weighted by Gasteiger charge is -2.59. The van der Waals surface area contributed by atoms with Crippen LogP contribution in [0, 0.1) is 34.4 Å². The molecule has 30 heavy (non-hydrogen) atoms. The van der Waals surface area contributed by atoms with E-state index in [4.69, 9.17) is 9.47 Å². The molecule has 2 aliphatic carbocycles. The number of carbonyl (C=O) groups excluding carboxylic acids is 1. The van der Waals surface area contributed by atoms with Gasteiger partial charge in [0.1, 0.15) is 5.60 Å². The second kappa shape index (κ2) is 8.19. The zero-order valence-electron chi connectivity index (χ0n) is 17.3. The summed E-state index contributed by atoms with van der Waals surface area (Å²) in [7, 11) is 1.31. The Hall–Kier alpha value is -2.12. The molecule has 0 spiro atoms. The Morgan fingerprint density at radius 1 is 0.967 bits per heavy atom. The molecule has 8 heteroatoms. The van der Waals surface area contributed by atoms with E-state index in [2.05, 4.69) is 11.6 Å². The molecule has 1 aromatic heterocycles. The first-order valence-corrected chi connectivity index (χ1v) is 10.3. The Balaban J connectivity index is 2.19. The summed E-state index contributed by atoms with van der Waals surface area (Å²) in [4.78, 5) is 15.7. The van der Waals surface area contributed by atoms with E-state index in [1.807, 2.05) is 6.92 Å². The molecule has 2 fully saturated rings. The number of ether oxygens (including phenoxy) is 2. The standard InChI is InChI=1S/C22H27F4NO3/c1-4-22(30-16-14(23)17(25)27-18(26)15(16)24)13-9-8-10-20(22,2)21(19(28)29-3)11-6-5-7-12-21/h4H,1,5-13H2,2-3H3. The molecule has 2 saturated carbocycles. The molecule has 2 unspecified atom stereocenters. The number of nitrogens with zero attached hydrogens (tertiary/aromatic N) is 1. The molecule has 0 N–H and O–H groups in total. The van der Waals surface area contributed by atoms with E-state index >= 15 is 0 Å². The Kier molecular flexibility index (Phi) is 6.16. The molecular weight excluding hydrogens is 402 g/mol. The number of halogens is 4. The summed E-state index contributed by atoms with van der Waals surface area (Å²) in [6.45, 7) is 5.67. The lowest BCUT2D eigenvalue weighted by atomic mass is 9.47. The van der Waals surface area contributed by atoms with Crippen LogP contribution < -0.4 is 4.74 Å². The average Bonchev–Trinajstić information content (AvgIpc) is 2.76. The highest BCUT2D eigenvalue weighted by Crippen LogP contribution is 2.62. The minimum Gasteiger partial charge on any atom is -0.476 e. The van der Waals surface area contributed by atoms with Crippen LogP contribution in [0.25, 0.3) is 0 Å². The SMILES string of the molecule is C=CC1(Oc2c(F)c(F)nc(F)c2F)CCCCC1(C)C1(C(=O)OC)CCCCC1. The summed E-state index contributed by atoms with van der Waals surface area (Å²) in [6.07, 6.45) is 7.21. The van der Waals surface area contributed by atoms with Crippen molar-refractivity contribution in [1.29, 1.82) is 0 Å². The number of rotatable bonds is 5. The molecule has 0 bridgehead atoms. The summed E-state index contributed by atoms with van der Waals surface area (Å²) < 4.78 is 67.3. The molecular formula is C22H27F4NO3. The maximum absolute atomic E-state index is 14.4. The van der Waals surface area contributed by atoms with Crippen LogP contribution in [0.1, 0.15) is 64.7 Å². The highest BCUT2D eigenvalue weighted by Gasteiger charge is 2.65. The zero-order valence-corrected chi connectivity index (χ0v) is 17.3. The highest BCUT2D eigenvalue weighted by atomic mass is 19.2. The van der Waals surface area contributed by atoms with E-state index in [0.717, 1.165) is 25.7 Å². The van der Waals surface area contributed by atoms with Crippen molar-refractivity contribution < 1.29 is 31.8 Å². The van der Waals surface area contributed by atoms with Gasteiger partial charge in [-0.25, -0.2) is 0 Å². The van der Waals surface area contributed by atoms with Crippen molar-refractivity contribution in [2.75, 3.05) is 7.11 Å². The van der Waals surface area contributed by atoms with E-state index in [9.17, 15) is 22.4 Å². The Labute approximate surface area is 173 Å². The van der Waals surface area contributed by atoms with E-state index in [-0.39, 0.29) is 6.42 Å². The van der Waals surface area contributed by atoms with Crippen LogP contribution in [-0.4, -0.2) is 23.7 Å². The summed E-state index contributed by atoms with van der Waals surface area (Å²) in [5.41, 5.74) is -3.35. The Morgan fingerprint density at radius 2 is 1.50 bits per heavy atom. The summed E-state index contributed by atoms with van der Waals surface area (Å²) in [5, 5.41) is 0. The number of hydrogen-bond acceptors (Lipinski definition) is 4. The first-order valence-electron chi connectivity index (χ1n) is 10.3. The normalized spacial score (nSPS) is 28.6. The fourth-order valence-corrected chi connectivity index (χ4v) is 5.60. The van der Waals surface area contributed by atoms with Gasteiger partial charge in [0.05, 0.1) is 12.5 Å². The summed E-state index contributed by atoms with van der Waals surface area (Å²) in [5.74, 6) is -8.59. The van der Waals surface area contributed by atoms with Gasteiger partial charge >= 0.3 is 5.97 Å². The molecule has 3 rings (SSSR count). The fourth-order valence-electron chi connectivity index (χ4n) is 5.60. The number of carbonyl (C=O) groups is 1. The molecule has 2 aliphatic rings. The average molecular weight is 429 g/mol. The van der Waals surface area contributed by atoms with Crippen molar-refractivity contribution in [3.8, 4) is 5.75 Å². The van der Waals surface area contributed by atoms with Gasteiger partial charge in [-0.3, -0.25) is 4.79 Å². The highest BCUT2D eigenvalue weighted by molar-refractivity contribution is 5.78. The molecule has 2 atom stereocenters. The van der Waals surface area contributed by atoms with Crippen LogP contribution >= 0.6 is 0 Å². The van der Waals surface area contributed by atoms with Gasteiger partial charge in [-0.05, 0) is 38.2 Å². The van der Waals surface area contributed by atoms with Crippen molar-refractivity contribution in [3.63, 3.8) is 0 Å². The van der Waals surface area contributed by atoms with Crippen molar-refractivity contribution in [2.24, 2.45) is 10.8 Å². The molecule has 0 saturated heterocycles. The van der Waals surface area contributed by atoms with Gasteiger partial charge in [0.2, 0.25) is 17.4 Å². The third-order valence-electron chi connectivity index (χ3n) is 7.32. The Morgan fingerprint density at radius 3 is 2.03 bits per heavy atom. The summed E-state index contributed by atoms with van der Waals surface area (Å²) >= 11 is 0. The molecule has 0 aliphatic heterocycles. The number of esters is 1. The van der Waals surface area contributed by atoms with E-state index in [1.54, 1.807) is 0 Å². The smallest absolute Gasteiger partial charge is 0.312 e. The predicted molar refractivity (Wildman–Crippen MR) is 102 cm³/mol. The Bertz CT molecular complexity index is 814. The number of pyridine rings is 1. The van der Waals surface area contributed by atoms with E-state index in [0.29, 0.717) is 25.7 Å². The second-order valence-corrected chi connectivity index (χ2v) is 8.52. The quantitative estimate of drug-likeness (QED) is 0.263. The van der Waals surface area contributed by atoms with Gasteiger partial charge < -0.3 is 9.47 Å². The molecule has 0 aromatic carbocycles. The number of hydrogen-bond donors (Lipinski definition) is 0. The van der Waals surface area contributed by atoms with Gasteiger partial charge in [0.15, 0.2) is 0 Å². The zero-order chi connectivity index (χ0) is 22.2. The lowest BCUT2D eigenvalue weighted by molar-refractivity contribution is -0.188. The number of aromatic nitrogens is 1. The predicted octanol–water partition coefficient (Wildman–Crippen LogP) is 5.65. The van der Waals surface area contributed by atoms with Gasteiger partial charge in [0.25, 0.3) is 11.9 Å². The first-order chi connectivity index (χ1) is 14.2. The van der Waals surface area contributed by atoms with E-state index in [1.165, 1.54) is 13.2 Å². The van der Waals surface area contributed by atoms with Crippen molar-refractivity contribution in [1.82, 2.24) is 4.98 Å². The third-order valence-corrected chi connectivity index (χ3v) is 7.32. The van der Waals surface area contributed by atoms with Gasteiger partial charge in [-0.2, -0.15) is 22.5 Å². The lowest BCUT2D eigenvalue weighted by Crippen LogP contribution is -2.63. The summed E-state index contributed by atoms with van der Waals surface area (Å²) in [6, 6.07) is 0. The molecule has 0 amide bonds. The van der Waals surface area contributed by atoms with Crippen LogP contribution in [0.2, 0.25) is 0 Å². The molecule has 0 radical (unpaired) electrons. The minimum absolute atomic E-state index is 0.288. The second-order valence-electron chi connectivity index (χ2n) is 8.52. The van der Waals surface area contributed by atoms with Crippen LogP contribution in [-0.2, 0) is 9.53 Å². The van der Waals surface area contributed by atoms with Crippen LogP contribution in [0.15, 0.2) is 12.7 Å². The van der Waals surface area contributed by atoms with Crippen LogP contribution in [0.4, 0.5) is 17.6 Å². The maximum Gasteiger partial charge on any atom is 0.312 e. The van der Waals surface area contributed by atoms with Crippen molar-refractivity contribution >= 4 is 5.97 Å². The van der Waals surface area contributed by atoms with Crippen LogP contribution in [0.3, 0.4) is 0 Å². The number of methoxy groups -OCH3 is 1. The van der Waals surface area contributed by atoms with Gasteiger partial charge in [0, 0.05) is 5.41 Å². The van der Waals surface area contributed by atoms with Crippen molar-refractivity contribution in [2.45, 2.75) is 70.3 Å². The molecule has 1 heterocycles. The topological polar surface area (TPSA) is 48.4 Å². The maximum atomic E-state index is 14.4. The van der Waals surface area contributed by atoms with E-state index < -0.39 is 51.7 Å². The first kappa shape index (κ1) is 22.6. The van der Waals surface area contributed by atoms with Crippen molar-refractivity contribution in [3.05, 3.63) is 36.2 Å². The third kappa shape index (κ3) is 3.19. The molecule has 4 nitrogen and oxygen atoms in total. The molecule has 166 valence electrons. The largest absolute Gasteiger partial charge is 0.476 e.